The lowest BCUT2D eigenvalue weighted by Gasteiger charge is -2.22. The Bertz CT molecular complexity index is 150. The summed E-state index contributed by atoms with van der Waals surface area (Å²) < 4.78 is 25.4. The highest BCUT2D eigenvalue weighted by molar-refractivity contribution is 4.83. The summed E-state index contributed by atoms with van der Waals surface area (Å²) in [6, 6.07) is 0. The van der Waals surface area contributed by atoms with Gasteiger partial charge in [-0.2, -0.15) is 0 Å². The second kappa shape index (κ2) is 3.66. The zero-order chi connectivity index (χ0) is 9.19. The van der Waals surface area contributed by atoms with Crippen molar-refractivity contribution in [1.29, 1.82) is 0 Å². The van der Waals surface area contributed by atoms with Gasteiger partial charge in [0.25, 0.3) is 5.92 Å². The summed E-state index contributed by atoms with van der Waals surface area (Å²) in [5.74, 6) is -2.51. The lowest BCUT2D eigenvalue weighted by molar-refractivity contribution is 0.00739. The van der Waals surface area contributed by atoms with Crippen molar-refractivity contribution in [3.63, 3.8) is 0 Å². The third kappa shape index (κ3) is 2.38. The molecule has 1 aliphatic rings. The van der Waals surface area contributed by atoms with Crippen LogP contribution in [-0.2, 0) is 0 Å². The molecule has 0 spiro atoms. The Balaban J connectivity index is 2.36. The second-order valence-corrected chi connectivity index (χ2v) is 3.43. The monoisotopic (exact) mass is 178 g/mol. The molecule has 1 rings (SSSR count). The summed E-state index contributed by atoms with van der Waals surface area (Å²) in [6.45, 7) is 2.29. The fourth-order valence-corrected chi connectivity index (χ4v) is 1.52. The van der Waals surface area contributed by atoms with Crippen molar-refractivity contribution in [2.75, 3.05) is 13.1 Å². The molecule has 1 heterocycles. The molecule has 1 fully saturated rings. The summed E-state index contributed by atoms with van der Waals surface area (Å²) in [5, 5.41) is 0. The van der Waals surface area contributed by atoms with Crippen LogP contribution in [0.4, 0.5) is 8.78 Å². The van der Waals surface area contributed by atoms with Crippen molar-refractivity contribution in [3.8, 4) is 0 Å². The van der Waals surface area contributed by atoms with E-state index in [4.69, 9.17) is 5.73 Å². The summed E-state index contributed by atoms with van der Waals surface area (Å²) in [6.07, 6.45) is 1.53. The van der Waals surface area contributed by atoms with Gasteiger partial charge in [0.05, 0.1) is 12.7 Å². The van der Waals surface area contributed by atoms with Crippen molar-refractivity contribution in [2.45, 2.75) is 38.3 Å². The predicted molar refractivity (Wildman–Crippen MR) is 44.0 cm³/mol. The third-order valence-electron chi connectivity index (χ3n) is 2.25. The van der Waals surface area contributed by atoms with Crippen molar-refractivity contribution in [3.05, 3.63) is 0 Å². The topological polar surface area (TPSA) is 29.3 Å². The van der Waals surface area contributed by atoms with Gasteiger partial charge in [-0.05, 0) is 6.42 Å². The van der Waals surface area contributed by atoms with Gasteiger partial charge in [-0.15, -0.1) is 0 Å². The number of hydrogen-bond donors (Lipinski definition) is 1. The molecule has 1 saturated heterocycles. The van der Waals surface area contributed by atoms with Crippen LogP contribution in [0.15, 0.2) is 0 Å². The number of halogens is 2. The number of alkyl halides is 2. The van der Waals surface area contributed by atoms with E-state index in [0.29, 0.717) is 6.54 Å². The maximum atomic E-state index is 12.7. The van der Waals surface area contributed by atoms with E-state index < -0.39 is 5.92 Å². The van der Waals surface area contributed by atoms with Gasteiger partial charge in [0, 0.05) is 13.0 Å². The average molecular weight is 178 g/mol. The van der Waals surface area contributed by atoms with Gasteiger partial charge in [-0.3, -0.25) is 4.90 Å². The number of rotatable bonds is 3. The van der Waals surface area contributed by atoms with Crippen molar-refractivity contribution in [2.24, 2.45) is 5.73 Å². The summed E-state index contributed by atoms with van der Waals surface area (Å²) in [4.78, 5) is 1.67. The van der Waals surface area contributed by atoms with Gasteiger partial charge in [0.15, 0.2) is 0 Å². The molecule has 0 bridgehead atoms. The lowest BCUT2D eigenvalue weighted by atomic mass is 10.2. The Morgan fingerprint density at radius 1 is 1.58 bits per heavy atom. The maximum Gasteiger partial charge on any atom is 0.261 e. The number of likely N-dealkylation sites (tertiary alicyclic amines) is 1. The zero-order valence-electron chi connectivity index (χ0n) is 7.39. The molecule has 0 radical (unpaired) electrons. The fraction of sp³-hybridized carbons (Fsp3) is 1.00. The van der Waals surface area contributed by atoms with E-state index in [1.165, 1.54) is 0 Å². The van der Waals surface area contributed by atoms with E-state index in [1.807, 2.05) is 6.92 Å². The second-order valence-electron chi connectivity index (χ2n) is 3.43. The van der Waals surface area contributed by atoms with Crippen LogP contribution >= 0.6 is 0 Å². The van der Waals surface area contributed by atoms with E-state index >= 15 is 0 Å². The maximum absolute atomic E-state index is 12.7. The molecule has 0 aromatic rings. The van der Waals surface area contributed by atoms with Crippen LogP contribution in [0, 0.1) is 0 Å². The average Bonchev–Trinajstić information content (AvgIpc) is 2.31. The van der Waals surface area contributed by atoms with Crippen LogP contribution in [0.3, 0.4) is 0 Å². The summed E-state index contributed by atoms with van der Waals surface area (Å²) >= 11 is 0. The van der Waals surface area contributed by atoms with Crippen LogP contribution in [0.1, 0.15) is 26.2 Å². The van der Waals surface area contributed by atoms with Crippen LogP contribution in [0.25, 0.3) is 0 Å². The van der Waals surface area contributed by atoms with E-state index in [2.05, 4.69) is 0 Å². The van der Waals surface area contributed by atoms with E-state index in [0.717, 1.165) is 12.8 Å². The highest BCUT2D eigenvalue weighted by atomic mass is 19.3. The molecule has 72 valence electrons. The molecule has 1 unspecified atom stereocenters. The Hall–Kier alpha value is -0.220. The predicted octanol–water partition coefficient (Wildman–Crippen LogP) is 1.41. The molecule has 1 aliphatic heterocycles. The molecular weight excluding hydrogens is 162 g/mol. The third-order valence-corrected chi connectivity index (χ3v) is 2.25. The van der Waals surface area contributed by atoms with Gasteiger partial charge in [0.2, 0.25) is 0 Å². The first-order valence-corrected chi connectivity index (χ1v) is 4.42. The molecule has 0 saturated carbocycles. The van der Waals surface area contributed by atoms with Crippen LogP contribution in [0.5, 0.6) is 0 Å². The molecule has 2 N–H and O–H groups in total. The van der Waals surface area contributed by atoms with Crippen LogP contribution in [0.2, 0.25) is 0 Å². The largest absolute Gasteiger partial charge is 0.316 e. The standard InChI is InChI=1S/C8H16F2N2/c1-2-3-7(11)12-5-4-8(9,10)6-12/h7H,2-6,11H2,1H3. The van der Waals surface area contributed by atoms with E-state index in [9.17, 15) is 8.78 Å². The van der Waals surface area contributed by atoms with Crippen molar-refractivity contribution < 1.29 is 8.78 Å². The first-order valence-electron chi connectivity index (χ1n) is 4.42. The molecular formula is C8H16F2N2. The number of nitrogens with zero attached hydrogens (tertiary/aromatic N) is 1. The Labute approximate surface area is 71.7 Å². The normalized spacial score (nSPS) is 26.0. The first-order chi connectivity index (χ1) is 5.55. The molecule has 2 nitrogen and oxygen atoms in total. The molecule has 0 aliphatic carbocycles. The molecule has 0 amide bonds. The molecule has 12 heavy (non-hydrogen) atoms. The molecule has 0 aromatic carbocycles. The molecule has 4 heteroatoms. The Morgan fingerprint density at radius 2 is 2.25 bits per heavy atom. The van der Waals surface area contributed by atoms with Gasteiger partial charge in [-0.1, -0.05) is 13.3 Å². The highest BCUT2D eigenvalue weighted by Crippen LogP contribution is 2.27. The zero-order valence-corrected chi connectivity index (χ0v) is 7.39. The summed E-state index contributed by atoms with van der Waals surface area (Å²) in [7, 11) is 0. The minimum Gasteiger partial charge on any atom is -0.316 e. The lowest BCUT2D eigenvalue weighted by Crippen LogP contribution is -2.41. The van der Waals surface area contributed by atoms with Crippen molar-refractivity contribution >= 4 is 0 Å². The van der Waals surface area contributed by atoms with Crippen LogP contribution in [-0.4, -0.2) is 30.1 Å². The van der Waals surface area contributed by atoms with E-state index in [1.54, 1.807) is 4.90 Å². The van der Waals surface area contributed by atoms with E-state index in [-0.39, 0.29) is 19.1 Å². The van der Waals surface area contributed by atoms with Crippen LogP contribution < -0.4 is 5.73 Å². The number of hydrogen-bond acceptors (Lipinski definition) is 2. The highest BCUT2D eigenvalue weighted by Gasteiger charge is 2.39. The Kier molecular flexibility index (Phi) is 3.01. The quantitative estimate of drug-likeness (QED) is 0.708. The first kappa shape index (κ1) is 9.86. The summed E-state index contributed by atoms with van der Waals surface area (Å²) in [5.41, 5.74) is 5.70. The SMILES string of the molecule is CCCC(N)N1CCC(F)(F)C1. The van der Waals surface area contributed by atoms with Gasteiger partial charge in [0.1, 0.15) is 0 Å². The fourth-order valence-electron chi connectivity index (χ4n) is 1.52. The minimum atomic E-state index is -2.51. The van der Waals surface area contributed by atoms with Gasteiger partial charge >= 0.3 is 0 Å². The molecule has 0 aromatic heterocycles. The van der Waals surface area contributed by atoms with Gasteiger partial charge < -0.3 is 5.73 Å². The minimum absolute atomic E-state index is 0.0373. The Morgan fingerprint density at radius 3 is 2.67 bits per heavy atom. The van der Waals surface area contributed by atoms with Gasteiger partial charge in [-0.25, -0.2) is 8.78 Å². The smallest absolute Gasteiger partial charge is 0.261 e. The van der Waals surface area contributed by atoms with Crippen molar-refractivity contribution in [1.82, 2.24) is 4.90 Å². The molecule has 1 atom stereocenters. The number of nitrogens with two attached hydrogens (primary N) is 1.